The van der Waals surface area contributed by atoms with Crippen LogP contribution in [0.3, 0.4) is 0 Å². The van der Waals surface area contributed by atoms with Gasteiger partial charge in [-0.25, -0.2) is 0 Å². The van der Waals surface area contributed by atoms with Gasteiger partial charge in [0.25, 0.3) is 5.91 Å². The van der Waals surface area contributed by atoms with Crippen LogP contribution in [0.2, 0.25) is 5.02 Å². The zero-order chi connectivity index (χ0) is 10.6. The summed E-state index contributed by atoms with van der Waals surface area (Å²) in [6, 6.07) is 4.64. The van der Waals surface area contributed by atoms with E-state index in [-0.39, 0.29) is 5.91 Å². The second kappa shape index (κ2) is 4.62. The van der Waals surface area contributed by atoms with Crippen molar-refractivity contribution in [2.24, 2.45) is 0 Å². The molecular formula is C9H9ClN2O2. The Morgan fingerprint density at radius 3 is 2.79 bits per heavy atom. The maximum absolute atomic E-state index is 11.2. The van der Waals surface area contributed by atoms with Crippen LogP contribution in [0.1, 0.15) is 10.4 Å². The highest BCUT2D eigenvalue weighted by atomic mass is 35.5. The molecule has 5 heteroatoms. The van der Waals surface area contributed by atoms with Crippen molar-refractivity contribution in [1.82, 2.24) is 5.32 Å². The van der Waals surface area contributed by atoms with Crippen LogP contribution in [0.4, 0.5) is 5.69 Å². The van der Waals surface area contributed by atoms with Crippen molar-refractivity contribution in [3.8, 4) is 0 Å². The van der Waals surface area contributed by atoms with Gasteiger partial charge in [-0.15, -0.1) is 0 Å². The summed E-state index contributed by atoms with van der Waals surface area (Å²) in [6.07, 6.45) is 0.509. The van der Waals surface area contributed by atoms with Gasteiger partial charge in [0.1, 0.15) is 0 Å². The summed E-state index contributed by atoms with van der Waals surface area (Å²) < 4.78 is 0. The molecule has 0 aromatic heterocycles. The standard InChI is InChI=1S/C9H9ClN2O2/c1-11-9(14)6-2-3-7(10)8(4-6)12-5-13/h2-5H,1H3,(H,11,14)(H,12,13). The Morgan fingerprint density at radius 1 is 1.50 bits per heavy atom. The number of hydrogen-bond donors (Lipinski definition) is 2. The van der Waals surface area contributed by atoms with E-state index in [9.17, 15) is 9.59 Å². The maximum Gasteiger partial charge on any atom is 0.251 e. The van der Waals surface area contributed by atoms with Gasteiger partial charge in [-0.1, -0.05) is 11.6 Å². The van der Waals surface area contributed by atoms with Crippen molar-refractivity contribution < 1.29 is 9.59 Å². The second-order valence-electron chi connectivity index (χ2n) is 2.54. The molecule has 2 N–H and O–H groups in total. The molecule has 0 bridgehead atoms. The first-order valence-electron chi connectivity index (χ1n) is 3.91. The van der Waals surface area contributed by atoms with Crippen LogP contribution < -0.4 is 10.6 Å². The molecule has 2 amide bonds. The number of halogens is 1. The van der Waals surface area contributed by atoms with Crippen molar-refractivity contribution in [3.05, 3.63) is 28.8 Å². The highest BCUT2D eigenvalue weighted by molar-refractivity contribution is 6.33. The van der Waals surface area contributed by atoms with Gasteiger partial charge in [-0.3, -0.25) is 9.59 Å². The van der Waals surface area contributed by atoms with Gasteiger partial charge in [0.2, 0.25) is 6.41 Å². The molecule has 0 aliphatic carbocycles. The summed E-state index contributed by atoms with van der Waals surface area (Å²) in [5.74, 6) is -0.226. The van der Waals surface area contributed by atoms with Crippen LogP contribution in [0.25, 0.3) is 0 Å². The van der Waals surface area contributed by atoms with Crippen LogP contribution in [0.15, 0.2) is 18.2 Å². The fourth-order valence-corrected chi connectivity index (χ4v) is 1.16. The van der Waals surface area contributed by atoms with Crippen molar-refractivity contribution in [2.75, 3.05) is 12.4 Å². The summed E-state index contributed by atoms with van der Waals surface area (Å²) >= 11 is 5.77. The van der Waals surface area contributed by atoms with Gasteiger partial charge in [-0.2, -0.15) is 0 Å². The molecule has 4 nitrogen and oxygen atoms in total. The largest absolute Gasteiger partial charge is 0.355 e. The minimum Gasteiger partial charge on any atom is -0.355 e. The molecule has 1 aromatic carbocycles. The molecule has 0 atom stereocenters. The Bertz CT molecular complexity index is 366. The lowest BCUT2D eigenvalue weighted by Gasteiger charge is -2.04. The molecule has 0 heterocycles. The monoisotopic (exact) mass is 212 g/mol. The third kappa shape index (κ3) is 2.23. The van der Waals surface area contributed by atoms with Gasteiger partial charge < -0.3 is 10.6 Å². The van der Waals surface area contributed by atoms with E-state index in [1.54, 1.807) is 12.1 Å². The third-order valence-electron chi connectivity index (χ3n) is 1.67. The Labute approximate surface area is 86.3 Å². The third-order valence-corrected chi connectivity index (χ3v) is 2.00. The van der Waals surface area contributed by atoms with E-state index in [4.69, 9.17) is 11.6 Å². The molecule has 74 valence electrons. The number of amides is 2. The average Bonchev–Trinajstić information content (AvgIpc) is 2.20. The summed E-state index contributed by atoms with van der Waals surface area (Å²) in [4.78, 5) is 21.4. The number of nitrogens with one attached hydrogen (secondary N) is 2. The molecule has 0 unspecified atom stereocenters. The minimum absolute atomic E-state index is 0.226. The minimum atomic E-state index is -0.226. The van der Waals surface area contributed by atoms with Crippen molar-refractivity contribution >= 4 is 29.6 Å². The number of carbonyl (C=O) groups is 2. The topological polar surface area (TPSA) is 58.2 Å². The normalized spacial score (nSPS) is 9.29. The lowest BCUT2D eigenvalue weighted by molar-refractivity contribution is -0.105. The van der Waals surface area contributed by atoms with E-state index in [0.717, 1.165) is 0 Å². The number of hydrogen-bond acceptors (Lipinski definition) is 2. The van der Waals surface area contributed by atoms with E-state index in [2.05, 4.69) is 10.6 Å². The predicted octanol–water partition coefficient (Wildman–Crippen LogP) is 1.27. The van der Waals surface area contributed by atoms with Crippen molar-refractivity contribution in [2.45, 2.75) is 0 Å². The zero-order valence-electron chi connectivity index (χ0n) is 7.50. The summed E-state index contributed by atoms with van der Waals surface area (Å²) in [7, 11) is 1.53. The number of rotatable bonds is 3. The molecule has 0 aliphatic heterocycles. The Kier molecular flexibility index (Phi) is 3.48. The molecule has 0 aliphatic rings. The van der Waals surface area contributed by atoms with Crippen LogP contribution in [0.5, 0.6) is 0 Å². The molecule has 14 heavy (non-hydrogen) atoms. The van der Waals surface area contributed by atoms with Crippen LogP contribution in [0, 0.1) is 0 Å². The first-order valence-corrected chi connectivity index (χ1v) is 4.28. The smallest absolute Gasteiger partial charge is 0.251 e. The van der Waals surface area contributed by atoms with Crippen molar-refractivity contribution in [1.29, 1.82) is 0 Å². The Balaban J connectivity index is 3.05. The lowest BCUT2D eigenvalue weighted by Crippen LogP contribution is -2.17. The SMILES string of the molecule is CNC(=O)c1ccc(Cl)c(NC=O)c1. The highest BCUT2D eigenvalue weighted by Crippen LogP contribution is 2.22. The van der Waals surface area contributed by atoms with E-state index >= 15 is 0 Å². The average molecular weight is 213 g/mol. The van der Waals surface area contributed by atoms with Gasteiger partial charge >= 0.3 is 0 Å². The Hall–Kier alpha value is -1.55. The molecule has 0 fully saturated rings. The van der Waals surface area contributed by atoms with E-state index in [1.807, 2.05) is 0 Å². The van der Waals surface area contributed by atoms with Gasteiger partial charge in [0.15, 0.2) is 0 Å². The number of benzene rings is 1. The van der Waals surface area contributed by atoms with Gasteiger partial charge in [-0.05, 0) is 18.2 Å². The molecule has 1 aromatic rings. The molecule has 0 spiro atoms. The van der Waals surface area contributed by atoms with E-state index < -0.39 is 0 Å². The molecule has 0 saturated carbocycles. The van der Waals surface area contributed by atoms with E-state index in [0.29, 0.717) is 22.7 Å². The lowest BCUT2D eigenvalue weighted by atomic mass is 10.2. The van der Waals surface area contributed by atoms with Crippen LogP contribution in [-0.2, 0) is 4.79 Å². The quantitative estimate of drug-likeness (QED) is 0.742. The first-order chi connectivity index (χ1) is 6.69. The Morgan fingerprint density at radius 2 is 2.21 bits per heavy atom. The summed E-state index contributed by atoms with van der Waals surface area (Å²) in [6.45, 7) is 0. The first kappa shape index (κ1) is 10.5. The molecular weight excluding hydrogens is 204 g/mol. The van der Waals surface area contributed by atoms with Crippen LogP contribution in [-0.4, -0.2) is 19.4 Å². The predicted molar refractivity (Wildman–Crippen MR) is 54.5 cm³/mol. The second-order valence-corrected chi connectivity index (χ2v) is 2.94. The van der Waals surface area contributed by atoms with Gasteiger partial charge in [0.05, 0.1) is 10.7 Å². The summed E-state index contributed by atoms with van der Waals surface area (Å²) in [5, 5.41) is 5.27. The maximum atomic E-state index is 11.2. The fourth-order valence-electron chi connectivity index (χ4n) is 0.985. The molecule has 0 saturated heterocycles. The van der Waals surface area contributed by atoms with Crippen molar-refractivity contribution in [3.63, 3.8) is 0 Å². The number of anilines is 1. The van der Waals surface area contributed by atoms with Crippen LogP contribution >= 0.6 is 11.6 Å². The zero-order valence-corrected chi connectivity index (χ0v) is 8.26. The van der Waals surface area contributed by atoms with E-state index in [1.165, 1.54) is 13.1 Å². The summed E-state index contributed by atoms with van der Waals surface area (Å²) in [5.41, 5.74) is 0.865. The highest BCUT2D eigenvalue weighted by Gasteiger charge is 2.06. The molecule has 1 rings (SSSR count). The molecule has 0 radical (unpaired) electrons. The number of carbonyl (C=O) groups excluding carboxylic acids is 2. The van der Waals surface area contributed by atoms with Gasteiger partial charge in [0, 0.05) is 12.6 Å². The fraction of sp³-hybridized carbons (Fsp3) is 0.111.